The summed E-state index contributed by atoms with van der Waals surface area (Å²) in [6.45, 7) is 4.44. The van der Waals surface area contributed by atoms with Gasteiger partial charge in [-0.2, -0.15) is 11.8 Å². The van der Waals surface area contributed by atoms with Gasteiger partial charge in [0.25, 0.3) is 0 Å². The lowest BCUT2D eigenvalue weighted by Gasteiger charge is -2.09. The van der Waals surface area contributed by atoms with E-state index < -0.39 is 0 Å². The maximum absolute atomic E-state index is 9.48. The Morgan fingerprint density at radius 1 is 1.36 bits per heavy atom. The van der Waals surface area contributed by atoms with Crippen molar-refractivity contribution in [3.8, 4) is 0 Å². The van der Waals surface area contributed by atoms with Gasteiger partial charge in [-0.25, -0.2) is 0 Å². The monoisotopic (exact) mass is 174 g/mol. The lowest BCUT2D eigenvalue weighted by Crippen LogP contribution is -2.13. The Bertz CT molecular complexity index is 110. The Hall–Kier alpha value is 0.310. The number of hydrogen-bond acceptors (Lipinski definition) is 2. The molecule has 0 amide bonds. The second kappa shape index (κ2) is 4.36. The summed E-state index contributed by atoms with van der Waals surface area (Å²) in [6, 6.07) is 0. The number of rotatable bonds is 5. The van der Waals surface area contributed by atoms with Crippen LogP contribution in [0.2, 0.25) is 0 Å². The zero-order valence-electron chi connectivity index (χ0n) is 7.42. The molecule has 1 unspecified atom stereocenters. The summed E-state index contributed by atoms with van der Waals surface area (Å²) in [5, 5.41) is 9.48. The fourth-order valence-electron chi connectivity index (χ4n) is 1.04. The summed E-state index contributed by atoms with van der Waals surface area (Å²) in [5.74, 6) is 3.54. The minimum Gasteiger partial charge on any atom is -0.392 e. The average Bonchev–Trinajstić information content (AvgIpc) is 2.66. The van der Waals surface area contributed by atoms with E-state index in [1.165, 1.54) is 18.6 Å². The van der Waals surface area contributed by atoms with Crippen molar-refractivity contribution in [1.29, 1.82) is 0 Å². The van der Waals surface area contributed by atoms with Crippen LogP contribution in [0.25, 0.3) is 0 Å². The first-order chi connectivity index (χ1) is 5.20. The lowest BCUT2D eigenvalue weighted by molar-refractivity contribution is 0.176. The van der Waals surface area contributed by atoms with Crippen molar-refractivity contribution >= 4 is 11.8 Å². The Morgan fingerprint density at radius 2 is 2.00 bits per heavy atom. The van der Waals surface area contributed by atoms with Crippen LogP contribution < -0.4 is 0 Å². The number of aliphatic hydroxyl groups is 1. The molecule has 11 heavy (non-hydrogen) atoms. The lowest BCUT2D eigenvalue weighted by atomic mass is 10.3. The van der Waals surface area contributed by atoms with E-state index in [1.807, 2.05) is 11.8 Å². The van der Waals surface area contributed by atoms with Gasteiger partial charge in [0.2, 0.25) is 0 Å². The van der Waals surface area contributed by atoms with Crippen molar-refractivity contribution in [3.63, 3.8) is 0 Å². The summed E-state index contributed by atoms with van der Waals surface area (Å²) in [5.41, 5.74) is 0. The van der Waals surface area contributed by atoms with Crippen LogP contribution in [0, 0.1) is 11.8 Å². The molecule has 1 saturated carbocycles. The van der Waals surface area contributed by atoms with Crippen LogP contribution in [0.5, 0.6) is 0 Å². The van der Waals surface area contributed by atoms with E-state index in [0.29, 0.717) is 5.92 Å². The van der Waals surface area contributed by atoms with E-state index in [1.54, 1.807) is 0 Å². The van der Waals surface area contributed by atoms with E-state index >= 15 is 0 Å². The predicted molar refractivity (Wildman–Crippen MR) is 50.9 cm³/mol. The van der Waals surface area contributed by atoms with Gasteiger partial charge in [-0.05, 0) is 30.4 Å². The van der Waals surface area contributed by atoms with Crippen LogP contribution in [0.1, 0.15) is 26.7 Å². The molecule has 1 N–H and O–H groups in total. The van der Waals surface area contributed by atoms with Crippen LogP contribution >= 0.6 is 11.8 Å². The summed E-state index contributed by atoms with van der Waals surface area (Å²) < 4.78 is 0. The van der Waals surface area contributed by atoms with E-state index in [9.17, 15) is 5.11 Å². The largest absolute Gasteiger partial charge is 0.392 e. The standard InChI is InChI=1S/C9H18OS/c1-7(2)5-11-6-9(10)8-3-4-8/h7-10H,3-6H2,1-2H3. The van der Waals surface area contributed by atoms with Gasteiger partial charge in [-0.1, -0.05) is 13.8 Å². The van der Waals surface area contributed by atoms with Crippen molar-refractivity contribution < 1.29 is 5.11 Å². The second-order valence-electron chi connectivity index (χ2n) is 3.84. The molecule has 2 heteroatoms. The van der Waals surface area contributed by atoms with Crippen molar-refractivity contribution in [1.82, 2.24) is 0 Å². The number of thioether (sulfide) groups is 1. The number of hydrogen-bond donors (Lipinski definition) is 1. The van der Waals surface area contributed by atoms with Crippen molar-refractivity contribution in [3.05, 3.63) is 0 Å². The summed E-state index contributed by atoms with van der Waals surface area (Å²) in [4.78, 5) is 0. The summed E-state index contributed by atoms with van der Waals surface area (Å²) in [7, 11) is 0. The van der Waals surface area contributed by atoms with Crippen molar-refractivity contribution in [2.24, 2.45) is 11.8 Å². The fourth-order valence-corrected chi connectivity index (χ4v) is 2.16. The first-order valence-corrected chi connectivity index (χ1v) is 5.61. The Labute approximate surface area is 73.6 Å². The Balaban J connectivity index is 1.93. The van der Waals surface area contributed by atoms with Crippen LogP contribution in [-0.4, -0.2) is 22.7 Å². The third kappa shape index (κ3) is 4.02. The predicted octanol–water partition coefficient (Wildman–Crippen LogP) is 2.15. The molecule has 66 valence electrons. The van der Waals surface area contributed by atoms with Gasteiger partial charge in [0.15, 0.2) is 0 Å². The van der Waals surface area contributed by atoms with Gasteiger partial charge in [0.05, 0.1) is 6.10 Å². The smallest absolute Gasteiger partial charge is 0.0658 e. The molecule has 1 aliphatic carbocycles. The first kappa shape index (κ1) is 9.40. The SMILES string of the molecule is CC(C)CSCC(O)C1CC1. The van der Waals surface area contributed by atoms with Crippen LogP contribution in [0.3, 0.4) is 0 Å². The van der Waals surface area contributed by atoms with E-state index in [-0.39, 0.29) is 6.10 Å². The topological polar surface area (TPSA) is 20.2 Å². The highest BCUT2D eigenvalue weighted by atomic mass is 32.2. The molecule has 0 aromatic carbocycles. The van der Waals surface area contributed by atoms with Gasteiger partial charge in [0.1, 0.15) is 0 Å². The summed E-state index contributed by atoms with van der Waals surface area (Å²) in [6.07, 6.45) is 2.49. The Kier molecular flexibility index (Phi) is 3.73. The van der Waals surface area contributed by atoms with Crippen molar-refractivity contribution in [2.75, 3.05) is 11.5 Å². The first-order valence-electron chi connectivity index (χ1n) is 4.46. The third-order valence-electron chi connectivity index (χ3n) is 1.91. The molecule has 0 saturated heterocycles. The molecule has 1 atom stereocenters. The summed E-state index contributed by atoms with van der Waals surface area (Å²) >= 11 is 1.89. The molecule has 0 aromatic heterocycles. The normalized spacial score (nSPS) is 20.7. The van der Waals surface area contributed by atoms with Crippen molar-refractivity contribution in [2.45, 2.75) is 32.8 Å². The van der Waals surface area contributed by atoms with Gasteiger partial charge in [0, 0.05) is 5.75 Å². The molecule has 1 rings (SSSR count). The molecule has 1 aliphatic rings. The highest BCUT2D eigenvalue weighted by Crippen LogP contribution is 2.33. The molecule has 0 aromatic rings. The van der Waals surface area contributed by atoms with Gasteiger partial charge in [-0.3, -0.25) is 0 Å². The van der Waals surface area contributed by atoms with Gasteiger partial charge < -0.3 is 5.11 Å². The average molecular weight is 174 g/mol. The van der Waals surface area contributed by atoms with E-state index in [0.717, 1.165) is 11.7 Å². The number of aliphatic hydroxyl groups excluding tert-OH is 1. The van der Waals surface area contributed by atoms with Gasteiger partial charge in [-0.15, -0.1) is 0 Å². The molecular formula is C9H18OS. The van der Waals surface area contributed by atoms with E-state index in [4.69, 9.17) is 0 Å². The maximum atomic E-state index is 9.48. The van der Waals surface area contributed by atoms with Crippen LogP contribution in [0.4, 0.5) is 0 Å². The molecule has 1 fully saturated rings. The molecule has 0 bridgehead atoms. The molecular weight excluding hydrogens is 156 g/mol. The zero-order valence-corrected chi connectivity index (χ0v) is 8.23. The molecule has 0 radical (unpaired) electrons. The zero-order chi connectivity index (χ0) is 8.27. The second-order valence-corrected chi connectivity index (χ2v) is 4.91. The molecule has 0 aliphatic heterocycles. The minimum absolute atomic E-state index is 0.0150. The Morgan fingerprint density at radius 3 is 2.45 bits per heavy atom. The van der Waals surface area contributed by atoms with E-state index in [2.05, 4.69) is 13.8 Å². The fraction of sp³-hybridized carbons (Fsp3) is 1.00. The molecule has 1 nitrogen and oxygen atoms in total. The molecule has 0 spiro atoms. The van der Waals surface area contributed by atoms with Crippen LogP contribution in [0.15, 0.2) is 0 Å². The highest BCUT2D eigenvalue weighted by Gasteiger charge is 2.29. The third-order valence-corrected chi connectivity index (χ3v) is 3.39. The minimum atomic E-state index is -0.0150. The maximum Gasteiger partial charge on any atom is 0.0658 e. The quantitative estimate of drug-likeness (QED) is 0.689. The highest BCUT2D eigenvalue weighted by molar-refractivity contribution is 7.99. The van der Waals surface area contributed by atoms with Crippen LogP contribution in [-0.2, 0) is 0 Å². The molecule has 0 heterocycles. The van der Waals surface area contributed by atoms with Gasteiger partial charge >= 0.3 is 0 Å².